The summed E-state index contributed by atoms with van der Waals surface area (Å²) in [5, 5.41) is 0.0796. The molecule has 0 amide bonds. The molecule has 0 fully saturated rings. The summed E-state index contributed by atoms with van der Waals surface area (Å²) in [7, 11) is -0.886. The van der Waals surface area contributed by atoms with Crippen LogP contribution in [0.4, 0.5) is 0 Å². The minimum Gasteiger partial charge on any atom is -0.444 e. The van der Waals surface area contributed by atoms with Gasteiger partial charge in [0.05, 0.1) is 11.2 Å². The van der Waals surface area contributed by atoms with Crippen molar-refractivity contribution in [2.24, 2.45) is 0 Å². The van der Waals surface area contributed by atoms with Gasteiger partial charge in [-0.3, -0.25) is 19.1 Å². The van der Waals surface area contributed by atoms with Crippen LogP contribution in [0.15, 0.2) is 15.8 Å². The van der Waals surface area contributed by atoms with Gasteiger partial charge in [-0.15, -0.1) is 0 Å². The van der Waals surface area contributed by atoms with E-state index in [-0.39, 0.29) is 11.8 Å². The first-order valence-corrected chi connectivity index (χ1v) is 8.32. The molecule has 0 unspecified atom stereocenters. The highest BCUT2D eigenvalue weighted by atomic mass is 28.2. The van der Waals surface area contributed by atoms with Crippen LogP contribution in [0.5, 0.6) is 0 Å². The van der Waals surface area contributed by atoms with Crippen LogP contribution in [0.1, 0.15) is 47.1 Å². The number of hydrogen-bond acceptors (Lipinski definition) is 5. The fraction of sp³-hybridized carbons (Fsp3) is 0.643. The minimum absolute atomic E-state index is 0.0796. The van der Waals surface area contributed by atoms with Crippen LogP contribution in [0.25, 0.3) is 0 Å². The number of rotatable bonds is 5. The molecule has 1 aromatic heterocycles. The number of ether oxygens (including phenoxy) is 1. The third-order valence-electron chi connectivity index (χ3n) is 2.93. The summed E-state index contributed by atoms with van der Waals surface area (Å²) < 4.78 is 11.9. The highest BCUT2D eigenvalue weighted by Crippen LogP contribution is 2.27. The van der Waals surface area contributed by atoms with Crippen LogP contribution in [0.2, 0.25) is 5.04 Å². The van der Waals surface area contributed by atoms with Gasteiger partial charge in [-0.1, -0.05) is 20.8 Å². The van der Waals surface area contributed by atoms with E-state index in [1.807, 2.05) is 0 Å². The van der Waals surface area contributed by atoms with E-state index in [1.54, 1.807) is 13.8 Å². The smallest absolute Gasteiger partial charge is 0.331 e. The average Bonchev–Trinajstić information content (AvgIpc) is 2.34. The molecule has 0 saturated heterocycles. The van der Waals surface area contributed by atoms with Gasteiger partial charge in [0, 0.05) is 13.1 Å². The number of nitrogens with zero attached hydrogens (tertiary/aromatic N) is 1. The lowest BCUT2D eigenvalue weighted by Crippen LogP contribution is -2.39. The fourth-order valence-corrected chi connectivity index (χ4v) is 2.62. The lowest BCUT2D eigenvalue weighted by molar-refractivity contribution is -0.144. The van der Waals surface area contributed by atoms with E-state index in [1.165, 1.54) is 13.1 Å². The summed E-state index contributed by atoms with van der Waals surface area (Å²) in [4.78, 5) is 36.9. The monoisotopic (exact) mass is 328 g/mol. The number of carbonyl (C=O) groups excluding carboxylic acids is 1. The van der Waals surface area contributed by atoms with Crippen molar-refractivity contribution in [2.75, 3.05) is 0 Å². The van der Waals surface area contributed by atoms with Crippen molar-refractivity contribution < 1.29 is 14.0 Å². The number of esters is 1. The summed E-state index contributed by atoms with van der Waals surface area (Å²) >= 11 is 0. The van der Waals surface area contributed by atoms with Gasteiger partial charge >= 0.3 is 11.7 Å². The molecule has 0 atom stereocenters. The highest BCUT2D eigenvalue weighted by molar-refractivity contribution is 6.31. The van der Waals surface area contributed by atoms with Crippen LogP contribution in [-0.2, 0) is 26.3 Å². The first-order chi connectivity index (χ1) is 9.92. The van der Waals surface area contributed by atoms with Gasteiger partial charge in [0.1, 0.15) is 0 Å². The highest BCUT2D eigenvalue weighted by Gasteiger charge is 2.28. The van der Waals surface area contributed by atoms with E-state index in [4.69, 9.17) is 9.16 Å². The van der Waals surface area contributed by atoms with Crippen molar-refractivity contribution in [1.82, 2.24) is 9.55 Å². The van der Waals surface area contributed by atoms with E-state index in [9.17, 15) is 14.4 Å². The second kappa shape index (κ2) is 6.61. The summed E-state index contributed by atoms with van der Waals surface area (Å²) in [6.07, 6.45) is 1.39. The Morgan fingerprint density at radius 3 is 2.36 bits per heavy atom. The molecule has 0 aliphatic heterocycles. The molecule has 0 aromatic carbocycles. The molecule has 0 bridgehead atoms. The van der Waals surface area contributed by atoms with E-state index in [0.717, 1.165) is 4.57 Å². The lowest BCUT2D eigenvalue weighted by Gasteiger charge is -2.29. The van der Waals surface area contributed by atoms with E-state index in [0.29, 0.717) is 5.56 Å². The quantitative estimate of drug-likeness (QED) is 0.632. The van der Waals surface area contributed by atoms with Crippen molar-refractivity contribution >= 4 is 15.7 Å². The number of nitrogens with one attached hydrogen (secondary N) is 1. The molecular weight excluding hydrogens is 304 g/mol. The van der Waals surface area contributed by atoms with Crippen LogP contribution >= 0.6 is 0 Å². The maximum Gasteiger partial charge on any atom is 0.331 e. The summed E-state index contributed by atoms with van der Waals surface area (Å²) in [5.74, 6) is -0.504. The van der Waals surface area contributed by atoms with Gasteiger partial charge in [-0.25, -0.2) is 4.79 Å². The van der Waals surface area contributed by atoms with Crippen LogP contribution < -0.4 is 11.2 Å². The van der Waals surface area contributed by atoms with Gasteiger partial charge < -0.3 is 9.16 Å². The van der Waals surface area contributed by atoms with E-state index in [2.05, 4.69) is 25.8 Å². The van der Waals surface area contributed by atoms with Gasteiger partial charge in [-0.05, 0) is 18.9 Å². The maximum atomic E-state index is 12.1. The van der Waals surface area contributed by atoms with Crippen molar-refractivity contribution in [3.8, 4) is 0 Å². The third-order valence-corrected chi connectivity index (χ3v) is 4.66. The minimum atomic E-state index is -0.886. The largest absolute Gasteiger partial charge is 0.444 e. The Labute approximate surface area is 131 Å². The van der Waals surface area contributed by atoms with Gasteiger partial charge in [0.15, 0.2) is 16.5 Å². The molecule has 1 aromatic rings. The van der Waals surface area contributed by atoms with Crippen molar-refractivity contribution in [2.45, 2.75) is 58.9 Å². The third kappa shape index (κ3) is 5.27. The Bertz CT molecular complexity index is 654. The number of carbonyl (C=O) groups is 1. The molecule has 7 nitrogen and oxygen atoms in total. The molecule has 1 N–H and O–H groups in total. The fourth-order valence-electron chi connectivity index (χ4n) is 1.67. The van der Waals surface area contributed by atoms with Crippen molar-refractivity contribution in [1.29, 1.82) is 0 Å². The first kappa shape index (κ1) is 18.4. The molecule has 124 valence electrons. The predicted octanol–water partition coefficient (Wildman–Crippen LogP) is 0.611. The average molecular weight is 328 g/mol. The number of hydrogen-bond donors (Lipinski definition) is 1. The van der Waals surface area contributed by atoms with Crippen molar-refractivity contribution in [3.05, 3.63) is 32.6 Å². The molecule has 0 spiro atoms. The van der Waals surface area contributed by atoms with Crippen molar-refractivity contribution in [3.63, 3.8) is 0 Å². The Morgan fingerprint density at radius 1 is 1.27 bits per heavy atom. The number of H-pyrrole nitrogens is 1. The molecule has 0 radical (unpaired) electrons. The molecule has 22 heavy (non-hydrogen) atoms. The molecule has 1 rings (SSSR count). The zero-order valence-electron chi connectivity index (χ0n) is 14.0. The Hall–Kier alpha value is -1.67. The number of aromatic nitrogens is 2. The van der Waals surface area contributed by atoms with Crippen LogP contribution in [-0.4, -0.2) is 25.3 Å². The molecule has 1 heterocycles. The zero-order chi connectivity index (χ0) is 17.1. The first-order valence-electron chi connectivity index (χ1n) is 7.04. The van der Waals surface area contributed by atoms with Crippen LogP contribution in [0.3, 0.4) is 0 Å². The topological polar surface area (TPSA) is 90.4 Å². The Balaban J connectivity index is 3.12. The number of aromatic amines is 1. The second-order valence-electron chi connectivity index (χ2n) is 6.90. The lowest BCUT2D eigenvalue weighted by atomic mass is 10.0. The Morgan fingerprint density at radius 2 is 1.86 bits per heavy atom. The van der Waals surface area contributed by atoms with E-state index < -0.39 is 32.6 Å². The predicted molar refractivity (Wildman–Crippen MR) is 85.5 cm³/mol. The molecule has 0 aliphatic carbocycles. The van der Waals surface area contributed by atoms with Crippen LogP contribution in [0, 0.1) is 0 Å². The zero-order valence-corrected chi connectivity index (χ0v) is 15.4. The van der Waals surface area contributed by atoms with Gasteiger partial charge in [0.25, 0.3) is 5.56 Å². The van der Waals surface area contributed by atoms with Gasteiger partial charge in [-0.2, -0.15) is 0 Å². The molecular formula is C14H24N2O5Si. The maximum absolute atomic E-state index is 12.1. The standard InChI is InChI=1S/C14H24N2O5Si/c1-9(17)20-8-16-7-10(11(18)15-12(16)19)14(5,6)21-22-13(2,3)4/h7H,8,22H2,1-6H3,(H,15,18,19). The molecule has 8 heteroatoms. The Kier molecular flexibility index (Phi) is 5.53. The summed E-state index contributed by atoms with van der Waals surface area (Å²) in [5.41, 5.74) is -1.61. The SMILES string of the molecule is CC(=O)OCn1cc(C(C)(C)O[SiH2]C(C)(C)C)c(=O)[nH]c1=O. The molecule has 0 aliphatic rings. The summed E-state index contributed by atoms with van der Waals surface area (Å²) in [6, 6.07) is 0. The van der Waals surface area contributed by atoms with Gasteiger partial charge in [0.2, 0.25) is 0 Å². The molecule has 0 saturated carbocycles. The van der Waals surface area contributed by atoms with E-state index >= 15 is 0 Å². The normalized spacial score (nSPS) is 12.8. The second-order valence-corrected chi connectivity index (χ2v) is 9.60. The summed E-state index contributed by atoms with van der Waals surface area (Å²) in [6.45, 7) is 10.8.